The van der Waals surface area contributed by atoms with Gasteiger partial charge in [-0.05, 0) is 6.92 Å². The monoisotopic (exact) mass is 221 g/mol. The molecule has 1 unspecified atom stereocenters. The van der Waals surface area contributed by atoms with Gasteiger partial charge < -0.3 is 9.84 Å². The van der Waals surface area contributed by atoms with E-state index >= 15 is 0 Å². The molecule has 1 aliphatic rings. The Morgan fingerprint density at radius 1 is 1.38 bits per heavy atom. The Kier molecular flexibility index (Phi) is 2.52. The number of rotatable bonds is 1. The summed E-state index contributed by atoms with van der Waals surface area (Å²) in [6.07, 6.45) is -1.99. The minimum absolute atomic E-state index is 0.517. The molecule has 1 amide bonds. The zero-order valence-electron chi connectivity index (χ0n) is 8.66. The summed E-state index contributed by atoms with van der Waals surface area (Å²) in [4.78, 5) is 23.4. The third-order valence-electron chi connectivity index (χ3n) is 2.54. The second kappa shape index (κ2) is 3.84. The SMILES string of the molecule is CC1C(=O)O[C@H](c2ccccc2)N1C(=O)O. The Bertz CT molecular complexity index is 417. The Balaban J connectivity index is 2.34. The fraction of sp³-hybridized carbons (Fsp3) is 0.273. The summed E-state index contributed by atoms with van der Waals surface area (Å²) in [6.45, 7) is 1.51. The van der Waals surface area contributed by atoms with Gasteiger partial charge in [-0.25, -0.2) is 9.59 Å². The molecule has 16 heavy (non-hydrogen) atoms. The van der Waals surface area contributed by atoms with Crippen LogP contribution in [-0.2, 0) is 9.53 Å². The van der Waals surface area contributed by atoms with Crippen LogP contribution >= 0.6 is 0 Å². The van der Waals surface area contributed by atoms with Crippen molar-refractivity contribution in [3.63, 3.8) is 0 Å². The summed E-state index contributed by atoms with van der Waals surface area (Å²) in [5, 5.41) is 9.03. The van der Waals surface area contributed by atoms with Gasteiger partial charge in [0.15, 0.2) is 0 Å². The van der Waals surface area contributed by atoms with Crippen molar-refractivity contribution >= 4 is 12.1 Å². The maximum Gasteiger partial charge on any atom is 0.411 e. The number of hydrogen-bond acceptors (Lipinski definition) is 3. The maximum absolute atomic E-state index is 11.3. The minimum Gasteiger partial charge on any atom is -0.465 e. The lowest BCUT2D eigenvalue weighted by Gasteiger charge is -2.21. The highest BCUT2D eigenvalue weighted by atomic mass is 16.6. The van der Waals surface area contributed by atoms with Gasteiger partial charge in [-0.1, -0.05) is 30.3 Å². The van der Waals surface area contributed by atoms with Crippen LogP contribution in [0.15, 0.2) is 30.3 Å². The maximum atomic E-state index is 11.3. The highest BCUT2D eigenvalue weighted by Crippen LogP contribution is 2.31. The van der Waals surface area contributed by atoms with Crippen molar-refractivity contribution in [3.05, 3.63) is 35.9 Å². The van der Waals surface area contributed by atoms with Gasteiger partial charge >= 0.3 is 12.1 Å². The molecule has 0 saturated carbocycles. The van der Waals surface area contributed by atoms with Gasteiger partial charge in [0.1, 0.15) is 6.04 Å². The Hall–Kier alpha value is -2.04. The number of amides is 1. The van der Waals surface area contributed by atoms with Gasteiger partial charge in [0, 0.05) is 5.56 Å². The highest BCUT2D eigenvalue weighted by molar-refractivity contribution is 5.83. The average Bonchev–Trinajstić information content (AvgIpc) is 2.57. The lowest BCUT2D eigenvalue weighted by atomic mass is 10.2. The van der Waals surface area contributed by atoms with Gasteiger partial charge in [-0.15, -0.1) is 0 Å². The van der Waals surface area contributed by atoms with Crippen molar-refractivity contribution in [1.82, 2.24) is 4.90 Å². The first kappa shape index (κ1) is 10.5. The van der Waals surface area contributed by atoms with E-state index in [1.165, 1.54) is 6.92 Å². The lowest BCUT2D eigenvalue weighted by Crippen LogP contribution is -2.36. The van der Waals surface area contributed by atoms with E-state index in [0.29, 0.717) is 5.56 Å². The standard InChI is InChI=1S/C11H11NO4/c1-7-10(13)16-9(12(7)11(14)15)8-5-3-2-4-6-8/h2-7,9H,1H3,(H,14,15)/t7?,9-/m1/s1. The van der Waals surface area contributed by atoms with Crippen LogP contribution in [0.3, 0.4) is 0 Å². The van der Waals surface area contributed by atoms with Crippen molar-refractivity contribution in [1.29, 1.82) is 0 Å². The molecular weight excluding hydrogens is 210 g/mol. The molecule has 1 fully saturated rings. The first-order chi connectivity index (χ1) is 7.61. The molecule has 0 aromatic heterocycles. The topological polar surface area (TPSA) is 66.8 Å². The van der Waals surface area contributed by atoms with Crippen molar-refractivity contribution in [2.75, 3.05) is 0 Å². The number of cyclic esters (lactones) is 1. The minimum atomic E-state index is -1.16. The van der Waals surface area contributed by atoms with Crippen molar-refractivity contribution < 1.29 is 19.4 Å². The first-order valence-corrected chi connectivity index (χ1v) is 4.88. The van der Waals surface area contributed by atoms with Gasteiger partial charge in [0.25, 0.3) is 0 Å². The Morgan fingerprint density at radius 3 is 2.56 bits per heavy atom. The van der Waals surface area contributed by atoms with Crippen molar-refractivity contribution in [3.8, 4) is 0 Å². The normalized spacial score (nSPS) is 24.3. The van der Waals surface area contributed by atoms with Crippen LogP contribution in [0.25, 0.3) is 0 Å². The average molecular weight is 221 g/mol. The molecule has 84 valence electrons. The zero-order chi connectivity index (χ0) is 11.7. The van der Waals surface area contributed by atoms with E-state index in [4.69, 9.17) is 9.84 Å². The number of hydrogen-bond donors (Lipinski definition) is 1. The lowest BCUT2D eigenvalue weighted by molar-refractivity contribution is -0.142. The van der Waals surface area contributed by atoms with Crippen LogP contribution in [0.2, 0.25) is 0 Å². The van der Waals surface area contributed by atoms with Gasteiger partial charge in [-0.2, -0.15) is 0 Å². The van der Waals surface area contributed by atoms with E-state index in [0.717, 1.165) is 4.90 Å². The predicted molar refractivity (Wildman–Crippen MR) is 54.6 cm³/mol. The van der Waals surface area contributed by atoms with E-state index < -0.39 is 24.3 Å². The summed E-state index contributed by atoms with van der Waals surface area (Å²) in [6, 6.07) is 8.05. The first-order valence-electron chi connectivity index (χ1n) is 4.88. The molecule has 0 spiro atoms. The van der Waals surface area contributed by atoms with E-state index in [1.807, 2.05) is 6.07 Å². The zero-order valence-corrected chi connectivity index (χ0v) is 8.66. The second-order valence-electron chi connectivity index (χ2n) is 3.57. The van der Waals surface area contributed by atoms with Crippen LogP contribution in [0, 0.1) is 0 Å². The van der Waals surface area contributed by atoms with Crippen LogP contribution < -0.4 is 0 Å². The summed E-state index contributed by atoms with van der Waals surface area (Å²) < 4.78 is 5.04. The molecule has 0 aliphatic carbocycles. The summed E-state index contributed by atoms with van der Waals surface area (Å²) in [5.41, 5.74) is 0.655. The van der Waals surface area contributed by atoms with Crippen LogP contribution in [0.1, 0.15) is 18.7 Å². The molecule has 5 nitrogen and oxygen atoms in total. The van der Waals surface area contributed by atoms with Gasteiger partial charge in [-0.3, -0.25) is 4.90 Å². The fourth-order valence-corrected chi connectivity index (χ4v) is 1.69. The van der Waals surface area contributed by atoms with E-state index in [9.17, 15) is 9.59 Å². The number of ether oxygens (including phenoxy) is 1. The Morgan fingerprint density at radius 2 is 2.00 bits per heavy atom. The third-order valence-corrected chi connectivity index (χ3v) is 2.54. The molecule has 1 heterocycles. The number of esters is 1. The van der Waals surface area contributed by atoms with Crippen LogP contribution in [0.4, 0.5) is 4.79 Å². The summed E-state index contributed by atoms with van der Waals surface area (Å²) in [7, 11) is 0. The molecule has 2 rings (SSSR count). The Labute approximate surface area is 92.2 Å². The number of carboxylic acid groups (broad SMARTS) is 1. The summed E-state index contributed by atoms with van der Waals surface area (Å²) in [5.74, 6) is -0.517. The second-order valence-corrected chi connectivity index (χ2v) is 3.57. The summed E-state index contributed by atoms with van der Waals surface area (Å²) >= 11 is 0. The molecule has 0 radical (unpaired) electrons. The fourth-order valence-electron chi connectivity index (χ4n) is 1.69. The number of carbonyl (C=O) groups is 2. The molecule has 2 atom stereocenters. The molecule has 1 N–H and O–H groups in total. The highest BCUT2D eigenvalue weighted by Gasteiger charge is 2.43. The predicted octanol–water partition coefficient (Wildman–Crippen LogP) is 1.61. The number of carbonyl (C=O) groups excluding carboxylic acids is 1. The smallest absolute Gasteiger partial charge is 0.411 e. The van der Waals surface area contributed by atoms with Crippen molar-refractivity contribution in [2.24, 2.45) is 0 Å². The molecule has 5 heteroatoms. The van der Waals surface area contributed by atoms with Gasteiger partial charge in [0.2, 0.25) is 6.23 Å². The molecular formula is C11H11NO4. The van der Waals surface area contributed by atoms with Crippen molar-refractivity contribution in [2.45, 2.75) is 19.2 Å². The number of benzene rings is 1. The van der Waals surface area contributed by atoms with E-state index in [1.54, 1.807) is 24.3 Å². The number of nitrogens with zero attached hydrogens (tertiary/aromatic N) is 1. The quantitative estimate of drug-likeness (QED) is 0.731. The van der Waals surface area contributed by atoms with Crippen LogP contribution in [-0.4, -0.2) is 28.1 Å². The third kappa shape index (κ3) is 1.60. The molecule has 0 bridgehead atoms. The molecule has 1 aromatic carbocycles. The molecule has 1 saturated heterocycles. The van der Waals surface area contributed by atoms with E-state index in [-0.39, 0.29) is 0 Å². The largest absolute Gasteiger partial charge is 0.465 e. The van der Waals surface area contributed by atoms with Crippen LogP contribution in [0.5, 0.6) is 0 Å². The van der Waals surface area contributed by atoms with E-state index in [2.05, 4.69) is 0 Å². The van der Waals surface area contributed by atoms with Gasteiger partial charge in [0.05, 0.1) is 0 Å². The molecule has 1 aromatic rings. The molecule has 1 aliphatic heterocycles.